The Morgan fingerprint density at radius 2 is 2.10 bits per heavy atom. The number of nitrogens with zero attached hydrogens (tertiary/aromatic N) is 3. The van der Waals surface area contributed by atoms with Crippen molar-refractivity contribution >= 4 is 15.9 Å². The lowest BCUT2D eigenvalue weighted by atomic mass is 10.1. The van der Waals surface area contributed by atoms with E-state index in [0.29, 0.717) is 11.7 Å². The van der Waals surface area contributed by atoms with Crippen molar-refractivity contribution in [3.05, 3.63) is 34.1 Å². The number of aryl methyl sites for hydroxylation is 1. The van der Waals surface area contributed by atoms with E-state index in [0.717, 1.165) is 41.8 Å². The Balaban J connectivity index is 1.82. The van der Waals surface area contributed by atoms with Gasteiger partial charge >= 0.3 is 0 Å². The minimum atomic E-state index is 0.157. The fourth-order valence-corrected chi connectivity index (χ4v) is 3.09. The zero-order valence-corrected chi connectivity index (χ0v) is 13.9. The average molecular weight is 351 g/mol. The normalized spacial score (nSPS) is 17.9. The zero-order valence-electron chi connectivity index (χ0n) is 12.3. The fraction of sp³-hybridized carbons (Fsp3) is 0.467. The zero-order chi connectivity index (χ0) is 14.8. The number of halogens is 1. The van der Waals surface area contributed by atoms with Crippen LogP contribution >= 0.6 is 15.9 Å². The molecule has 1 N–H and O–H groups in total. The summed E-state index contributed by atoms with van der Waals surface area (Å²) in [6, 6.07) is 6.23. The van der Waals surface area contributed by atoms with Gasteiger partial charge in [0, 0.05) is 36.2 Å². The van der Waals surface area contributed by atoms with Crippen LogP contribution in [0.5, 0.6) is 0 Å². The Morgan fingerprint density at radius 1 is 1.33 bits per heavy atom. The molecule has 1 aliphatic heterocycles. The Bertz CT molecular complexity index is 622. The van der Waals surface area contributed by atoms with Crippen LogP contribution in [-0.2, 0) is 0 Å². The molecule has 0 amide bonds. The van der Waals surface area contributed by atoms with E-state index in [-0.39, 0.29) is 6.04 Å². The summed E-state index contributed by atoms with van der Waals surface area (Å²) in [6.07, 6.45) is 0. The number of piperazine rings is 1. The molecule has 1 atom stereocenters. The summed E-state index contributed by atoms with van der Waals surface area (Å²) in [4.78, 5) is 6.95. The molecule has 6 heteroatoms. The van der Waals surface area contributed by atoms with Crippen LogP contribution < -0.4 is 5.32 Å². The van der Waals surface area contributed by atoms with Gasteiger partial charge in [-0.05, 0) is 37.6 Å². The highest BCUT2D eigenvalue weighted by Gasteiger charge is 2.23. The summed E-state index contributed by atoms with van der Waals surface area (Å²) in [6.45, 7) is 8.22. The molecule has 112 valence electrons. The lowest BCUT2D eigenvalue weighted by Gasteiger charge is -2.30. The summed E-state index contributed by atoms with van der Waals surface area (Å²) >= 11 is 3.47. The predicted octanol–water partition coefficient (Wildman–Crippen LogP) is 2.77. The van der Waals surface area contributed by atoms with Gasteiger partial charge in [0.1, 0.15) is 0 Å². The van der Waals surface area contributed by atoms with Gasteiger partial charge in [-0.1, -0.05) is 21.1 Å². The SMILES string of the molecule is Cc1cc(Br)ccc1-c1noc(C(C)N2CCNCC2)n1. The largest absolute Gasteiger partial charge is 0.337 e. The summed E-state index contributed by atoms with van der Waals surface area (Å²) in [5, 5.41) is 7.50. The van der Waals surface area contributed by atoms with Crippen molar-refractivity contribution < 1.29 is 4.52 Å². The van der Waals surface area contributed by atoms with E-state index in [9.17, 15) is 0 Å². The molecule has 0 radical (unpaired) electrons. The van der Waals surface area contributed by atoms with E-state index < -0.39 is 0 Å². The maximum Gasteiger partial charge on any atom is 0.244 e. The van der Waals surface area contributed by atoms with Crippen LogP contribution in [0.15, 0.2) is 27.2 Å². The molecular formula is C15H19BrN4O. The maximum atomic E-state index is 5.48. The first-order chi connectivity index (χ1) is 10.1. The molecule has 3 rings (SSSR count). The molecule has 1 aliphatic rings. The molecule has 21 heavy (non-hydrogen) atoms. The van der Waals surface area contributed by atoms with Crippen molar-refractivity contribution in [3.63, 3.8) is 0 Å². The van der Waals surface area contributed by atoms with Crippen LogP contribution in [0, 0.1) is 6.92 Å². The topological polar surface area (TPSA) is 54.2 Å². The highest BCUT2D eigenvalue weighted by molar-refractivity contribution is 9.10. The van der Waals surface area contributed by atoms with E-state index >= 15 is 0 Å². The highest BCUT2D eigenvalue weighted by atomic mass is 79.9. The van der Waals surface area contributed by atoms with Crippen LogP contribution in [0.1, 0.15) is 24.4 Å². The summed E-state index contributed by atoms with van der Waals surface area (Å²) in [7, 11) is 0. The third kappa shape index (κ3) is 3.17. The molecule has 1 saturated heterocycles. The Hall–Kier alpha value is -1.24. The lowest BCUT2D eigenvalue weighted by Crippen LogP contribution is -2.44. The van der Waals surface area contributed by atoms with Gasteiger partial charge in [0.15, 0.2) is 0 Å². The first-order valence-electron chi connectivity index (χ1n) is 7.20. The van der Waals surface area contributed by atoms with Crippen LogP contribution in [0.25, 0.3) is 11.4 Å². The van der Waals surface area contributed by atoms with E-state index in [1.807, 2.05) is 12.1 Å². The quantitative estimate of drug-likeness (QED) is 0.922. The monoisotopic (exact) mass is 350 g/mol. The minimum Gasteiger partial charge on any atom is -0.337 e. The molecule has 1 aromatic heterocycles. The van der Waals surface area contributed by atoms with Crippen molar-refractivity contribution in [1.29, 1.82) is 0 Å². The van der Waals surface area contributed by atoms with Gasteiger partial charge in [-0.2, -0.15) is 4.98 Å². The third-order valence-electron chi connectivity index (χ3n) is 3.93. The van der Waals surface area contributed by atoms with Crippen LogP contribution in [0.3, 0.4) is 0 Å². The Morgan fingerprint density at radius 3 is 2.81 bits per heavy atom. The number of benzene rings is 1. The van der Waals surface area contributed by atoms with E-state index in [4.69, 9.17) is 4.52 Å². The molecular weight excluding hydrogens is 332 g/mol. The van der Waals surface area contributed by atoms with Gasteiger partial charge in [0.2, 0.25) is 11.7 Å². The van der Waals surface area contributed by atoms with E-state index in [1.54, 1.807) is 0 Å². The number of nitrogens with one attached hydrogen (secondary N) is 1. The molecule has 2 aromatic rings. The molecule has 5 nitrogen and oxygen atoms in total. The van der Waals surface area contributed by atoms with Gasteiger partial charge in [-0.25, -0.2) is 0 Å². The van der Waals surface area contributed by atoms with Crippen molar-refractivity contribution in [1.82, 2.24) is 20.4 Å². The molecule has 0 bridgehead atoms. The average Bonchev–Trinajstić information content (AvgIpc) is 2.97. The lowest BCUT2D eigenvalue weighted by molar-refractivity contribution is 0.154. The molecule has 0 saturated carbocycles. The fourth-order valence-electron chi connectivity index (χ4n) is 2.62. The van der Waals surface area contributed by atoms with Crippen molar-refractivity contribution in [2.24, 2.45) is 0 Å². The first kappa shape index (κ1) is 14.7. The van der Waals surface area contributed by atoms with Crippen LogP contribution in [-0.4, -0.2) is 41.2 Å². The highest BCUT2D eigenvalue weighted by Crippen LogP contribution is 2.26. The Kier molecular flexibility index (Phi) is 4.37. The van der Waals surface area contributed by atoms with Gasteiger partial charge < -0.3 is 9.84 Å². The first-order valence-corrected chi connectivity index (χ1v) is 7.99. The summed E-state index contributed by atoms with van der Waals surface area (Å²) in [5.41, 5.74) is 2.15. The number of hydrogen-bond donors (Lipinski definition) is 1. The number of hydrogen-bond acceptors (Lipinski definition) is 5. The van der Waals surface area contributed by atoms with Gasteiger partial charge in [-0.15, -0.1) is 0 Å². The van der Waals surface area contributed by atoms with Crippen LogP contribution in [0.4, 0.5) is 0 Å². The van der Waals surface area contributed by atoms with E-state index in [2.05, 4.69) is 56.2 Å². The second-order valence-corrected chi connectivity index (χ2v) is 6.29. The molecule has 1 aromatic carbocycles. The molecule has 1 fully saturated rings. The molecule has 0 aliphatic carbocycles. The van der Waals surface area contributed by atoms with Gasteiger partial charge in [-0.3, -0.25) is 4.90 Å². The van der Waals surface area contributed by atoms with Crippen molar-refractivity contribution in [2.45, 2.75) is 19.9 Å². The minimum absolute atomic E-state index is 0.157. The van der Waals surface area contributed by atoms with Crippen LogP contribution in [0.2, 0.25) is 0 Å². The van der Waals surface area contributed by atoms with E-state index in [1.165, 1.54) is 0 Å². The van der Waals surface area contributed by atoms with Crippen molar-refractivity contribution in [2.75, 3.05) is 26.2 Å². The van der Waals surface area contributed by atoms with Crippen molar-refractivity contribution in [3.8, 4) is 11.4 Å². The molecule has 1 unspecified atom stereocenters. The molecule has 2 heterocycles. The third-order valence-corrected chi connectivity index (χ3v) is 4.42. The number of aromatic nitrogens is 2. The summed E-state index contributed by atoms with van der Waals surface area (Å²) in [5.74, 6) is 1.35. The predicted molar refractivity (Wildman–Crippen MR) is 85.0 cm³/mol. The smallest absolute Gasteiger partial charge is 0.244 e. The maximum absolute atomic E-state index is 5.48. The summed E-state index contributed by atoms with van der Waals surface area (Å²) < 4.78 is 6.54. The van der Waals surface area contributed by atoms with Gasteiger partial charge in [0.05, 0.1) is 6.04 Å². The Labute approximate surface area is 132 Å². The van der Waals surface area contributed by atoms with Gasteiger partial charge in [0.25, 0.3) is 0 Å². The number of rotatable bonds is 3. The standard InChI is InChI=1S/C15H19BrN4O/c1-10-9-12(16)3-4-13(10)14-18-15(21-19-14)11(2)20-7-5-17-6-8-20/h3-4,9,11,17H,5-8H2,1-2H3. The molecule has 0 spiro atoms. The second-order valence-electron chi connectivity index (χ2n) is 5.38. The second kappa shape index (κ2) is 6.25.